The van der Waals surface area contributed by atoms with E-state index >= 15 is 0 Å². The largest absolute Gasteiger partial charge is 0.493 e. The quantitative estimate of drug-likeness (QED) is 0.435. The Morgan fingerprint density at radius 2 is 2.00 bits per heavy atom. The van der Waals surface area contributed by atoms with Crippen molar-refractivity contribution in [2.45, 2.75) is 6.92 Å². The number of fused-ring (bicyclic) bond motifs is 1. The molecule has 0 aliphatic carbocycles. The average molecular weight is 345 g/mol. The molecule has 23 heavy (non-hydrogen) atoms. The monoisotopic (exact) mass is 344 g/mol. The Labute approximate surface area is 143 Å². The molecule has 5 nitrogen and oxygen atoms in total. The second-order valence-corrected chi connectivity index (χ2v) is 5.72. The minimum absolute atomic E-state index is 0.101. The first-order valence-corrected chi connectivity index (χ1v) is 7.62. The van der Waals surface area contributed by atoms with E-state index in [1.165, 1.54) is 0 Å². The van der Waals surface area contributed by atoms with Crippen molar-refractivity contribution < 1.29 is 5.11 Å². The zero-order valence-electron chi connectivity index (χ0n) is 12.2. The first-order valence-electron chi connectivity index (χ1n) is 6.84. The van der Waals surface area contributed by atoms with E-state index in [0.29, 0.717) is 21.6 Å². The molecule has 0 spiro atoms. The van der Waals surface area contributed by atoms with E-state index in [1.807, 2.05) is 31.2 Å². The van der Waals surface area contributed by atoms with Crippen LogP contribution in [0.25, 0.3) is 10.9 Å². The van der Waals surface area contributed by atoms with E-state index in [-0.39, 0.29) is 11.0 Å². The van der Waals surface area contributed by atoms with Crippen LogP contribution < -0.4 is 5.32 Å². The molecular formula is C16H13ClN4OS. The number of nitrogens with zero attached hydrogens (tertiary/aromatic N) is 2. The maximum Gasteiger partial charge on any atom is 0.218 e. The van der Waals surface area contributed by atoms with E-state index in [0.717, 1.165) is 11.3 Å². The van der Waals surface area contributed by atoms with Gasteiger partial charge in [0.05, 0.1) is 10.5 Å². The number of aromatic amines is 1. The minimum atomic E-state index is -0.101. The summed E-state index contributed by atoms with van der Waals surface area (Å²) in [6, 6.07) is 13.0. The van der Waals surface area contributed by atoms with Crippen LogP contribution in [0.4, 0.5) is 11.4 Å². The standard InChI is InChI=1S/C16H13ClN4OS/c1-9-5-2-3-8-12(9)18-16(23)21-20-14-10-6-4-7-11(17)13(10)19-15(14)22/h2-8,19,22H,1H3,(H,18,23). The highest BCUT2D eigenvalue weighted by molar-refractivity contribution is 7.80. The fourth-order valence-electron chi connectivity index (χ4n) is 2.20. The third kappa shape index (κ3) is 3.18. The highest BCUT2D eigenvalue weighted by atomic mass is 35.5. The molecule has 0 unspecified atom stereocenters. The molecule has 0 aliphatic heterocycles. The zero-order chi connectivity index (χ0) is 16.4. The number of rotatable bonds is 2. The van der Waals surface area contributed by atoms with Crippen molar-refractivity contribution in [2.75, 3.05) is 5.32 Å². The van der Waals surface area contributed by atoms with Gasteiger partial charge in [-0.05, 0) is 36.8 Å². The molecule has 0 atom stereocenters. The molecule has 0 aliphatic rings. The molecule has 1 heterocycles. The second kappa shape index (κ2) is 6.36. The van der Waals surface area contributed by atoms with Crippen LogP contribution in [0.5, 0.6) is 5.88 Å². The number of nitrogens with one attached hydrogen (secondary N) is 2. The summed E-state index contributed by atoms with van der Waals surface area (Å²) in [7, 11) is 0. The predicted octanol–water partition coefficient (Wildman–Crippen LogP) is 5.32. The first-order chi connectivity index (χ1) is 11.1. The summed E-state index contributed by atoms with van der Waals surface area (Å²) in [5.74, 6) is -0.101. The lowest BCUT2D eigenvalue weighted by Crippen LogP contribution is -2.06. The second-order valence-electron chi connectivity index (χ2n) is 4.93. The van der Waals surface area contributed by atoms with Crippen LogP contribution in [0.2, 0.25) is 5.02 Å². The number of aromatic hydroxyl groups is 1. The lowest BCUT2D eigenvalue weighted by molar-refractivity contribution is 0.459. The number of hydrogen-bond acceptors (Lipinski definition) is 3. The van der Waals surface area contributed by atoms with Gasteiger partial charge in [-0.15, -0.1) is 10.2 Å². The molecule has 0 saturated heterocycles. The fraction of sp³-hybridized carbons (Fsp3) is 0.0625. The van der Waals surface area contributed by atoms with E-state index in [4.69, 9.17) is 23.8 Å². The predicted molar refractivity (Wildman–Crippen MR) is 96.9 cm³/mol. The fourth-order valence-corrected chi connectivity index (χ4v) is 2.58. The van der Waals surface area contributed by atoms with Crippen LogP contribution in [-0.4, -0.2) is 15.2 Å². The Balaban J connectivity index is 1.86. The minimum Gasteiger partial charge on any atom is -0.493 e. The molecular weight excluding hydrogens is 332 g/mol. The number of para-hydroxylation sites is 2. The lowest BCUT2D eigenvalue weighted by Gasteiger charge is -2.05. The molecule has 3 N–H and O–H groups in total. The van der Waals surface area contributed by atoms with Gasteiger partial charge in [0.1, 0.15) is 0 Å². The number of aryl methyl sites for hydroxylation is 1. The molecule has 0 fully saturated rings. The normalized spacial score (nSPS) is 11.2. The molecule has 116 valence electrons. The maximum absolute atomic E-state index is 9.97. The van der Waals surface area contributed by atoms with Gasteiger partial charge in [-0.3, -0.25) is 0 Å². The number of benzene rings is 2. The summed E-state index contributed by atoms with van der Waals surface area (Å²) in [4.78, 5) is 2.78. The van der Waals surface area contributed by atoms with Crippen molar-refractivity contribution in [3.05, 3.63) is 53.1 Å². The first kappa shape index (κ1) is 15.5. The van der Waals surface area contributed by atoms with Crippen molar-refractivity contribution in [3.63, 3.8) is 0 Å². The van der Waals surface area contributed by atoms with Crippen LogP contribution in [0, 0.1) is 6.92 Å². The number of aromatic nitrogens is 1. The van der Waals surface area contributed by atoms with E-state index in [9.17, 15) is 5.11 Å². The number of halogens is 1. The number of hydrogen-bond donors (Lipinski definition) is 3. The van der Waals surface area contributed by atoms with Crippen LogP contribution in [0.1, 0.15) is 5.56 Å². The van der Waals surface area contributed by atoms with Gasteiger partial charge in [-0.1, -0.05) is 41.9 Å². The SMILES string of the molecule is Cc1ccccc1NC(=S)N=Nc1c(O)[nH]c2c(Cl)cccc12. The summed E-state index contributed by atoms with van der Waals surface area (Å²) in [6.45, 7) is 1.97. The average Bonchev–Trinajstić information content (AvgIpc) is 2.85. The van der Waals surface area contributed by atoms with E-state index in [2.05, 4.69) is 20.5 Å². The van der Waals surface area contributed by atoms with E-state index in [1.54, 1.807) is 18.2 Å². The summed E-state index contributed by atoms with van der Waals surface area (Å²) in [6.07, 6.45) is 0. The zero-order valence-corrected chi connectivity index (χ0v) is 13.7. The smallest absolute Gasteiger partial charge is 0.218 e. The Hall–Kier alpha value is -2.44. The molecule has 7 heteroatoms. The summed E-state index contributed by atoms with van der Waals surface area (Å²) in [5, 5.41) is 22.4. The maximum atomic E-state index is 9.97. The Bertz CT molecular complexity index is 920. The van der Waals surface area contributed by atoms with Crippen molar-refractivity contribution in [1.82, 2.24) is 4.98 Å². The van der Waals surface area contributed by atoms with Gasteiger partial charge in [-0.2, -0.15) is 0 Å². The molecule has 1 aromatic heterocycles. The number of thiocarbonyl (C=S) groups is 1. The third-order valence-electron chi connectivity index (χ3n) is 3.36. The molecule has 3 rings (SSSR count). The highest BCUT2D eigenvalue weighted by Gasteiger charge is 2.12. The van der Waals surface area contributed by atoms with Crippen LogP contribution >= 0.6 is 23.8 Å². The van der Waals surface area contributed by atoms with Crippen molar-refractivity contribution in [2.24, 2.45) is 10.2 Å². The summed E-state index contributed by atoms with van der Waals surface area (Å²) in [5.41, 5.74) is 2.82. The summed E-state index contributed by atoms with van der Waals surface area (Å²) < 4.78 is 0. The van der Waals surface area contributed by atoms with Crippen LogP contribution in [0.3, 0.4) is 0 Å². The highest BCUT2D eigenvalue weighted by Crippen LogP contribution is 2.38. The van der Waals surface area contributed by atoms with Gasteiger partial charge < -0.3 is 15.4 Å². The molecule has 2 aromatic carbocycles. The molecule has 0 bridgehead atoms. The van der Waals surface area contributed by atoms with Crippen molar-refractivity contribution in [3.8, 4) is 5.88 Å². The molecule has 3 aromatic rings. The molecule has 0 saturated carbocycles. The van der Waals surface area contributed by atoms with Gasteiger partial charge in [0.25, 0.3) is 0 Å². The van der Waals surface area contributed by atoms with Gasteiger partial charge >= 0.3 is 0 Å². The van der Waals surface area contributed by atoms with Gasteiger partial charge in [0, 0.05) is 11.1 Å². The Morgan fingerprint density at radius 3 is 2.78 bits per heavy atom. The van der Waals surface area contributed by atoms with E-state index < -0.39 is 0 Å². The molecule has 0 amide bonds. The van der Waals surface area contributed by atoms with Crippen LogP contribution in [-0.2, 0) is 0 Å². The summed E-state index contributed by atoms with van der Waals surface area (Å²) >= 11 is 11.2. The Kier molecular flexibility index (Phi) is 4.27. The topological polar surface area (TPSA) is 72.8 Å². The number of anilines is 1. The Morgan fingerprint density at radius 1 is 1.22 bits per heavy atom. The lowest BCUT2D eigenvalue weighted by atomic mass is 10.2. The van der Waals surface area contributed by atoms with Crippen LogP contribution in [0.15, 0.2) is 52.7 Å². The molecule has 0 radical (unpaired) electrons. The van der Waals surface area contributed by atoms with Gasteiger partial charge in [-0.25, -0.2) is 0 Å². The number of azo groups is 1. The third-order valence-corrected chi connectivity index (χ3v) is 3.86. The van der Waals surface area contributed by atoms with Gasteiger partial charge in [0.15, 0.2) is 5.69 Å². The van der Waals surface area contributed by atoms with Crippen molar-refractivity contribution in [1.29, 1.82) is 0 Å². The van der Waals surface area contributed by atoms with Crippen molar-refractivity contribution >= 4 is 51.2 Å². The number of H-pyrrole nitrogens is 1. The van der Waals surface area contributed by atoms with Gasteiger partial charge in [0.2, 0.25) is 11.0 Å².